The van der Waals surface area contributed by atoms with Gasteiger partial charge in [0, 0.05) is 40.1 Å². The van der Waals surface area contributed by atoms with Gasteiger partial charge in [0.05, 0.1) is 5.69 Å². The van der Waals surface area contributed by atoms with Crippen molar-refractivity contribution < 1.29 is 22.0 Å². The van der Waals surface area contributed by atoms with Crippen LogP contribution in [-0.2, 0) is 5.92 Å². The van der Waals surface area contributed by atoms with Crippen molar-refractivity contribution in [3.05, 3.63) is 77.3 Å². The molecule has 2 heterocycles. The van der Waals surface area contributed by atoms with E-state index in [1.165, 1.54) is 12.1 Å². The summed E-state index contributed by atoms with van der Waals surface area (Å²) < 4.78 is 68.5. The molecule has 0 spiro atoms. The van der Waals surface area contributed by atoms with Crippen LogP contribution in [0.3, 0.4) is 0 Å². The molecule has 0 atom stereocenters. The fourth-order valence-corrected chi connectivity index (χ4v) is 3.45. The van der Waals surface area contributed by atoms with Crippen molar-refractivity contribution in [3.8, 4) is 11.4 Å². The van der Waals surface area contributed by atoms with Gasteiger partial charge in [-0.05, 0) is 42.8 Å². The lowest BCUT2D eigenvalue weighted by Crippen LogP contribution is -2.35. The number of benzene rings is 2. The van der Waals surface area contributed by atoms with E-state index in [9.17, 15) is 22.0 Å². The van der Waals surface area contributed by atoms with E-state index in [1.807, 2.05) is 29.1 Å². The highest BCUT2D eigenvalue weighted by Crippen LogP contribution is 2.44. The molecule has 4 aromatic rings. The summed E-state index contributed by atoms with van der Waals surface area (Å²) in [5.74, 6) is -5.02. The Balaban J connectivity index is 1.78. The maximum Gasteiger partial charge on any atom is 0.459 e. The van der Waals surface area contributed by atoms with Crippen molar-refractivity contribution in [1.82, 2.24) is 14.3 Å². The van der Waals surface area contributed by atoms with Crippen molar-refractivity contribution in [2.45, 2.75) is 19.0 Å². The van der Waals surface area contributed by atoms with Gasteiger partial charge >= 0.3 is 12.1 Å². The molecule has 0 saturated heterocycles. The van der Waals surface area contributed by atoms with E-state index in [-0.39, 0.29) is 5.69 Å². The number of alkyl halides is 5. The average Bonchev–Trinajstić information content (AvgIpc) is 3.28. The third-order valence-electron chi connectivity index (χ3n) is 4.66. The molecule has 0 aliphatic heterocycles. The molecule has 0 bridgehead atoms. The summed E-state index contributed by atoms with van der Waals surface area (Å²) in [5.41, 5.74) is 0.258. The monoisotopic (exact) mass is 425 g/mol. The maximum atomic E-state index is 13.8. The first kappa shape index (κ1) is 19.4. The Morgan fingerprint density at radius 1 is 0.966 bits per heavy atom. The number of fused-ring (bicyclic) bond motifs is 1. The first-order chi connectivity index (χ1) is 13.6. The van der Waals surface area contributed by atoms with Crippen molar-refractivity contribution in [1.29, 1.82) is 0 Å². The molecule has 0 radical (unpaired) electrons. The standard InChI is InChI=1S/C20H13ClF5N3/c1-12-9-14(29-18(7-8-27-29)19(22,23)20(24,25)26)5-6-17(12)28-10-13-3-2-4-16(21)15(13)11-28/h2-11H,1H3. The van der Waals surface area contributed by atoms with Crippen LogP contribution in [0.2, 0.25) is 5.02 Å². The van der Waals surface area contributed by atoms with Crippen LogP contribution in [0.5, 0.6) is 0 Å². The smallest absolute Gasteiger partial charge is 0.322 e. The van der Waals surface area contributed by atoms with Gasteiger partial charge in [0.1, 0.15) is 5.69 Å². The van der Waals surface area contributed by atoms with E-state index in [2.05, 4.69) is 5.10 Å². The van der Waals surface area contributed by atoms with Gasteiger partial charge in [0.15, 0.2) is 0 Å². The van der Waals surface area contributed by atoms with Crippen LogP contribution in [0.15, 0.2) is 61.1 Å². The zero-order valence-corrected chi connectivity index (χ0v) is 15.6. The molecule has 150 valence electrons. The van der Waals surface area contributed by atoms with E-state index in [4.69, 9.17) is 11.6 Å². The Kier molecular flexibility index (Phi) is 4.42. The maximum absolute atomic E-state index is 13.8. The molecule has 0 aliphatic rings. The Morgan fingerprint density at radius 3 is 2.38 bits per heavy atom. The minimum absolute atomic E-state index is 0.102. The van der Waals surface area contributed by atoms with E-state index in [0.29, 0.717) is 21.3 Å². The molecule has 0 fully saturated rings. The Bertz CT molecular complexity index is 1210. The molecule has 2 aromatic carbocycles. The molecular weight excluding hydrogens is 413 g/mol. The van der Waals surface area contributed by atoms with Crippen LogP contribution >= 0.6 is 11.6 Å². The minimum Gasteiger partial charge on any atom is -0.322 e. The second-order valence-electron chi connectivity index (χ2n) is 6.58. The fraction of sp³-hybridized carbons (Fsp3) is 0.150. The minimum atomic E-state index is -5.72. The molecule has 4 rings (SSSR count). The highest BCUT2D eigenvalue weighted by atomic mass is 35.5. The molecule has 3 nitrogen and oxygen atoms in total. The zero-order chi connectivity index (χ0) is 21.0. The number of rotatable bonds is 3. The molecular formula is C20H13ClF5N3. The Labute approximate surface area is 166 Å². The van der Waals surface area contributed by atoms with E-state index >= 15 is 0 Å². The molecule has 0 saturated carbocycles. The highest BCUT2D eigenvalue weighted by molar-refractivity contribution is 6.35. The lowest BCUT2D eigenvalue weighted by Gasteiger charge is -2.21. The third kappa shape index (κ3) is 3.17. The summed E-state index contributed by atoms with van der Waals surface area (Å²) in [6, 6.07) is 10.7. The van der Waals surface area contributed by atoms with Crippen LogP contribution in [0.25, 0.3) is 22.1 Å². The van der Waals surface area contributed by atoms with Crippen LogP contribution in [-0.4, -0.2) is 20.5 Å². The van der Waals surface area contributed by atoms with Gasteiger partial charge in [-0.25, -0.2) is 4.68 Å². The van der Waals surface area contributed by atoms with Gasteiger partial charge in [-0.2, -0.15) is 27.1 Å². The van der Waals surface area contributed by atoms with Crippen LogP contribution in [0.4, 0.5) is 22.0 Å². The predicted molar refractivity (Wildman–Crippen MR) is 100 cm³/mol. The molecule has 29 heavy (non-hydrogen) atoms. The van der Waals surface area contributed by atoms with Gasteiger partial charge in [-0.15, -0.1) is 0 Å². The van der Waals surface area contributed by atoms with E-state index in [1.54, 1.807) is 19.1 Å². The Morgan fingerprint density at radius 2 is 1.72 bits per heavy atom. The number of aryl methyl sites for hydroxylation is 1. The number of hydrogen-bond donors (Lipinski definition) is 0. The van der Waals surface area contributed by atoms with Crippen molar-refractivity contribution >= 4 is 22.4 Å². The molecule has 0 amide bonds. The van der Waals surface area contributed by atoms with Gasteiger partial charge in [-0.3, -0.25) is 0 Å². The van der Waals surface area contributed by atoms with Crippen molar-refractivity contribution in [3.63, 3.8) is 0 Å². The summed E-state index contributed by atoms with van der Waals surface area (Å²) in [5, 5.41) is 6.02. The Hall–Kier alpha value is -2.87. The lowest BCUT2D eigenvalue weighted by molar-refractivity contribution is -0.291. The lowest BCUT2D eigenvalue weighted by atomic mass is 10.1. The second kappa shape index (κ2) is 6.59. The van der Waals surface area contributed by atoms with Gasteiger partial charge < -0.3 is 4.57 Å². The summed E-state index contributed by atoms with van der Waals surface area (Å²) in [6.45, 7) is 1.73. The van der Waals surface area contributed by atoms with Crippen LogP contribution in [0, 0.1) is 6.92 Å². The van der Waals surface area contributed by atoms with Crippen LogP contribution in [0.1, 0.15) is 11.3 Å². The normalized spacial score (nSPS) is 12.7. The molecule has 0 aliphatic carbocycles. The SMILES string of the molecule is Cc1cc(-n2nccc2C(F)(F)C(F)(F)F)ccc1-n1cc2cccc(Cl)c2c1. The quantitative estimate of drug-likeness (QED) is 0.347. The summed E-state index contributed by atoms with van der Waals surface area (Å²) in [6.07, 6.45) is -1.11. The summed E-state index contributed by atoms with van der Waals surface area (Å²) in [4.78, 5) is 0. The average molecular weight is 426 g/mol. The van der Waals surface area contributed by atoms with Gasteiger partial charge in [0.25, 0.3) is 0 Å². The molecule has 2 aromatic heterocycles. The fourth-order valence-electron chi connectivity index (χ4n) is 3.22. The topological polar surface area (TPSA) is 22.8 Å². The van der Waals surface area contributed by atoms with E-state index < -0.39 is 17.8 Å². The highest BCUT2D eigenvalue weighted by Gasteiger charge is 2.60. The third-order valence-corrected chi connectivity index (χ3v) is 4.99. The number of hydrogen-bond acceptors (Lipinski definition) is 1. The van der Waals surface area contributed by atoms with Crippen LogP contribution < -0.4 is 0 Å². The van der Waals surface area contributed by atoms with Crippen molar-refractivity contribution in [2.24, 2.45) is 0 Å². The van der Waals surface area contributed by atoms with Gasteiger partial charge in [0.2, 0.25) is 0 Å². The molecule has 9 heteroatoms. The van der Waals surface area contributed by atoms with Gasteiger partial charge in [-0.1, -0.05) is 23.7 Å². The van der Waals surface area contributed by atoms with Crippen molar-refractivity contribution in [2.75, 3.05) is 0 Å². The predicted octanol–water partition coefficient (Wildman–Crippen LogP) is 6.43. The zero-order valence-electron chi connectivity index (χ0n) is 14.9. The number of aromatic nitrogens is 3. The first-order valence-electron chi connectivity index (χ1n) is 8.46. The molecule has 0 N–H and O–H groups in total. The summed E-state index contributed by atoms with van der Waals surface area (Å²) in [7, 11) is 0. The number of nitrogens with zero attached hydrogens (tertiary/aromatic N) is 3. The molecule has 0 unspecified atom stereocenters. The first-order valence-corrected chi connectivity index (χ1v) is 8.84. The second-order valence-corrected chi connectivity index (χ2v) is 6.99. The number of halogens is 6. The van der Waals surface area contributed by atoms with E-state index in [0.717, 1.165) is 22.7 Å². The summed E-state index contributed by atoms with van der Waals surface area (Å²) >= 11 is 6.20. The largest absolute Gasteiger partial charge is 0.459 e.